The van der Waals surface area contributed by atoms with Crippen molar-refractivity contribution >= 4 is 22.8 Å². The van der Waals surface area contributed by atoms with E-state index in [4.69, 9.17) is 9.52 Å². The van der Waals surface area contributed by atoms with Crippen molar-refractivity contribution in [1.29, 1.82) is 0 Å². The van der Waals surface area contributed by atoms with Crippen LogP contribution in [-0.4, -0.2) is 29.7 Å². The molecule has 0 saturated carbocycles. The number of aryl methyl sites for hydroxylation is 1. The molecule has 1 N–H and O–H groups in total. The van der Waals surface area contributed by atoms with Crippen molar-refractivity contribution < 1.29 is 14.3 Å². The van der Waals surface area contributed by atoms with Crippen LogP contribution in [0.3, 0.4) is 0 Å². The summed E-state index contributed by atoms with van der Waals surface area (Å²) in [5.41, 5.74) is 2.15. The molecule has 0 bridgehead atoms. The lowest BCUT2D eigenvalue weighted by molar-refractivity contribution is -0.135. The Labute approximate surface area is 98.7 Å². The Kier molecular flexibility index (Phi) is 2.99. The minimum Gasteiger partial charge on any atom is -0.480 e. The van der Waals surface area contributed by atoms with Crippen LogP contribution in [0.4, 0.5) is 5.69 Å². The molecule has 17 heavy (non-hydrogen) atoms. The van der Waals surface area contributed by atoms with Crippen LogP contribution in [0, 0.1) is 0 Å². The maximum atomic E-state index is 10.7. The number of para-hydroxylation sites is 1. The van der Waals surface area contributed by atoms with Gasteiger partial charge < -0.3 is 14.4 Å². The van der Waals surface area contributed by atoms with Crippen molar-refractivity contribution in [2.45, 2.75) is 13.3 Å². The third-order valence-electron chi connectivity index (χ3n) is 2.52. The van der Waals surface area contributed by atoms with Gasteiger partial charge in [0.15, 0.2) is 11.5 Å². The Morgan fingerprint density at radius 2 is 2.29 bits per heavy atom. The van der Waals surface area contributed by atoms with Crippen LogP contribution >= 0.6 is 0 Å². The Morgan fingerprint density at radius 3 is 2.94 bits per heavy atom. The van der Waals surface area contributed by atoms with Crippen LogP contribution in [0.2, 0.25) is 0 Å². The second kappa shape index (κ2) is 4.45. The molecule has 0 radical (unpaired) electrons. The highest BCUT2D eigenvalue weighted by Crippen LogP contribution is 2.26. The number of benzene rings is 1. The van der Waals surface area contributed by atoms with Crippen LogP contribution in [0.25, 0.3) is 11.1 Å². The average Bonchev–Trinajstić information content (AvgIpc) is 2.70. The molecule has 0 aliphatic heterocycles. The minimum absolute atomic E-state index is 0.0682. The van der Waals surface area contributed by atoms with Gasteiger partial charge in [-0.25, -0.2) is 4.98 Å². The van der Waals surface area contributed by atoms with Crippen LogP contribution in [0.15, 0.2) is 22.6 Å². The van der Waals surface area contributed by atoms with Crippen molar-refractivity contribution in [3.63, 3.8) is 0 Å². The lowest BCUT2D eigenvalue weighted by Gasteiger charge is -2.16. The highest BCUT2D eigenvalue weighted by atomic mass is 16.4. The van der Waals surface area contributed by atoms with Crippen molar-refractivity contribution in [3.05, 3.63) is 24.1 Å². The minimum atomic E-state index is -0.875. The van der Waals surface area contributed by atoms with Gasteiger partial charge in [-0.15, -0.1) is 0 Å². The number of aliphatic carboxylic acids is 1. The first-order valence-electron chi connectivity index (χ1n) is 5.43. The summed E-state index contributed by atoms with van der Waals surface area (Å²) in [7, 11) is 1.72. The molecule has 5 heteroatoms. The van der Waals surface area contributed by atoms with E-state index in [1.165, 1.54) is 0 Å². The number of hydrogen-bond donors (Lipinski definition) is 1. The number of oxazole rings is 1. The van der Waals surface area contributed by atoms with E-state index in [1.54, 1.807) is 11.9 Å². The SMILES string of the molecule is CCc1nc2cccc(N(C)CC(=O)O)c2o1. The molecule has 0 aliphatic carbocycles. The number of aromatic nitrogens is 1. The molecule has 1 heterocycles. The maximum absolute atomic E-state index is 10.7. The third kappa shape index (κ3) is 2.22. The molecule has 2 rings (SSSR count). The van der Waals surface area contributed by atoms with Crippen LogP contribution < -0.4 is 4.90 Å². The Balaban J connectivity index is 2.45. The Bertz CT molecular complexity index is 548. The lowest BCUT2D eigenvalue weighted by Crippen LogP contribution is -2.25. The van der Waals surface area contributed by atoms with Gasteiger partial charge in [0.05, 0.1) is 5.69 Å². The van der Waals surface area contributed by atoms with E-state index < -0.39 is 5.97 Å². The topological polar surface area (TPSA) is 66.6 Å². The molecule has 0 atom stereocenters. The molecule has 0 saturated heterocycles. The number of anilines is 1. The fourth-order valence-electron chi connectivity index (χ4n) is 1.72. The summed E-state index contributed by atoms with van der Waals surface area (Å²) in [6, 6.07) is 5.53. The summed E-state index contributed by atoms with van der Waals surface area (Å²) >= 11 is 0. The Hall–Kier alpha value is -2.04. The summed E-state index contributed by atoms with van der Waals surface area (Å²) < 4.78 is 5.61. The van der Waals surface area contributed by atoms with E-state index >= 15 is 0 Å². The van der Waals surface area contributed by atoms with Gasteiger partial charge in [-0.1, -0.05) is 13.0 Å². The van der Waals surface area contributed by atoms with E-state index in [0.717, 1.165) is 17.6 Å². The molecule has 2 aromatic rings. The molecule has 1 aromatic heterocycles. The molecule has 0 spiro atoms. The fourth-order valence-corrected chi connectivity index (χ4v) is 1.72. The number of carbonyl (C=O) groups is 1. The summed E-state index contributed by atoms with van der Waals surface area (Å²) in [5, 5.41) is 8.78. The van der Waals surface area contributed by atoms with E-state index in [1.807, 2.05) is 25.1 Å². The predicted octanol–water partition coefficient (Wildman–Crippen LogP) is 1.91. The van der Waals surface area contributed by atoms with Gasteiger partial charge in [-0.3, -0.25) is 4.79 Å². The Morgan fingerprint density at radius 1 is 1.53 bits per heavy atom. The second-order valence-corrected chi connectivity index (χ2v) is 3.84. The number of nitrogens with zero attached hydrogens (tertiary/aromatic N) is 2. The fraction of sp³-hybridized carbons (Fsp3) is 0.333. The normalized spacial score (nSPS) is 10.7. The zero-order valence-electron chi connectivity index (χ0n) is 9.80. The highest BCUT2D eigenvalue weighted by molar-refractivity contribution is 5.88. The van der Waals surface area contributed by atoms with E-state index in [0.29, 0.717) is 11.5 Å². The summed E-state index contributed by atoms with van der Waals surface area (Å²) in [4.78, 5) is 16.6. The summed E-state index contributed by atoms with van der Waals surface area (Å²) in [6.45, 7) is 1.90. The molecule has 5 nitrogen and oxygen atoms in total. The van der Waals surface area contributed by atoms with Crippen molar-refractivity contribution in [2.24, 2.45) is 0 Å². The van der Waals surface area contributed by atoms with E-state index in [2.05, 4.69) is 4.98 Å². The average molecular weight is 234 g/mol. The summed E-state index contributed by atoms with van der Waals surface area (Å²) in [5.74, 6) is -0.212. The maximum Gasteiger partial charge on any atom is 0.323 e. The zero-order valence-corrected chi connectivity index (χ0v) is 9.80. The molecule has 1 aromatic carbocycles. The van der Waals surface area contributed by atoms with Crippen molar-refractivity contribution in [3.8, 4) is 0 Å². The first-order chi connectivity index (χ1) is 8.11. The lowest BCUT2D eigenvalue weighted by atomic mass is 10.2. The van der Waals surface area contributed by atoms with Gasteiger partial charge in [0.2, 0.25) is 0 Å². The van der Waals surface area contributed by atoms with E-state index in [9.17, 15) is 4.79 Å². The van der Waals surface area contributed by atoms with Crippen molar-refractivity contribution in [2.75, 3.05) is 18.5 Å². The predicted molar refractivity (Wildman–Crippen MR) is 64.3 cm³/mol. The standard InChI is InChI=1S/C12H14N2O3/c1-3-10-13-8-5-4-6-9(12(8)17-10)14(2)7-11(15)16/h4-6H,3,7H2,1-2H3,(H,15,16). The monoisotopic (exact) mass is 234 g/mol. The second-order valence-electron chi connectivity index (χ2n) is 3.84. The number of fused-ring (bicyclic) bond motifs is 1. The van der Waals surface area contributed by atoms with Gasteiger partial charge in [0.1, 0.15) is 12.1 Å². The molecular weight excluding hydrogens is 220 g/mol. The molecule has 0 unspecified atom stereocenters. The third-order valence-corrected chi connectivity index (χ3v) is 2.52. The number of hydrogen-bond acceptors (Lipinski definition) is 4. The molecule has 90 valence electrons. The zero-order chi connectivity index (χ0) is 12.4. The number of carboxylic acids is 1. The molecule has 0 amide bonds. The van der Waals surface area contributed by atoms with Crippen molar-refractivity contribution in [1.82, 2.24) is 4.98 Å². The quantitative estimate of drug-likeness (QED) is 0.875. The summed E-state index contributed by atoms with van der Waals surface area (Å²) in [6.07, 6.45) is 0.719. The molecular formula is C12H14N2O3. The smallest absolute Gasteiger partial charge is 0.323 e. The molecule has 0 aliphatic rings. The van der Waals surface area contributed by atoms with Gasteiger partial charge >= 0.3 is 5.97 Å². The van der Waals surface area contributed by atoms with Crippen LogP contribution in [0.5, 0.6) is 0 Å². The van der Waals surface area contributed by atoms with Gasteiger partial charge in [-0.2, -0.15) is 0 Å². The van der Waals surface area contributed by atoms with Gasteiger partial charge in [0, 0.05) is 13.5 Å². The number of likely N-dealkylation sites (N-methyl/N-ethyl adjacent to an activating group) is 1. The van der Waals surface area contributed by atoms with Gasteiger partial charge in [0.25, 0.3) is 0 Å². The van der Waals surface area contributed by atoms with E-state index in [-0.39, 0.29) is 6.54 Å². The largest absolute Gasteiger partial charge is 0.480 e. The first kappa shape index (κ1) is 11.4. The number of carboxylic acid groups (broad SMARTS) is 1. The highest BCUT2D eigenvalue weighted by Gasteiger charge is 2.13. The molecule has 0 fully saturated rings. The first-order valence-corrected chi connectivity index (χ1v) is 5.43. The van der Waals surface area contributed by atoms with Crippen LogP contribution in [0.1, 0.15) is 12.8 Å². The van der Waals surface area contributed by atoms with Crippen LogP contribution in [-0.2, 0) is 11.2 Å². The van der Waals surface area contributed by atoms with Gasteiger partial charge in [-0.05, 0) is 12.1 Å². The number of rotatable bonds is 4.